The third-order valence-corrected chi connectivity index (χ3v) is 5.36. The Hall–Kier alpha value is -2.05. The number of para-hydroxylation sites is 1. The normalized spacial score (nSPS) is 14.7. The van der Waals surface area contributed by atoms with Crippen molar-refractivity contribution in [3.63, 3.8) is 0 Å². The van der Waals surface area contributed by atoms with E-state index in [2.05, 4.69) is 21.2 Å². The van der Waals surface area contributed by atoms with E-state index >= 15 is 0 Å². The van der Waals surface area contributed by atoms with Crippen molar-refractivity contribution >= 4 is 45.0 Å². The largest absolute Gasteiger partial charge is 0.483 e. The first kappa shape index (κ1) is 19.7. The monoisotopic (exact) mass is 450 g/mol. The van der Waals surface area contributed by atoms with E-state index < -0.39 is 0 Å². The number of hydrogen-bond acceptors (Lipinski definition) is 3. The van der Waals surface area contributed by atoms with Gasteiger partial charge in [-0.2, -0.15) is 0 Å². The standard InChI is InChI=1S/C20H20BrClN2O3/c21-17-12-15(22)6-7-18(17)27-13-19(25)24-10-8-14(9-11-24)20(26)23-16-4-2-1-3-5-16/h1-7,12,14H,8-11,13H2,(H,23,26). The molecule has 1 aliphatic rings. The van der Waals surface area contributed by atoms with Crippen LogP contribution in [0.3, 0.4) is 0 Å². The maximum atomic E-state index is 12.4. The molecule has 27 heavy (non-hydrogen) atoms. The lowest BCUT2D eigenvalue weighted by Gasteiger charge is -2.31. The zero-order valence-corrected chi connectivity index (χ0v) is 17.0. The molecule has 5 nitrogen and oxygen atoms in total. The molecule has 0 atom stereocenters. The maximum Gasteiger partial charge on any atom is 0.260 e. The molecule has 142 valence electrons. The summed E-state index contributed by atoms with van der Waals surface area (Å²) in [6, 6.07) is 14.6. The molecule has 1 heterocycles. The number of halogens is 2. The first-order valence-corrected chi connectivity index (χ1v) is 9.91. The average molecular weight is 452 g/mol. The van der Waals surface area contributed by atoms with Gasteiger partial charge in [-0.3, -0.25) is 9.59 Å². The summed E-state index contributed by atoms with van der Waals surface area (Å²) < 4.78 is 6.29. The van der Waals surface area contributed by atoms with Crippen LogP contribution in [0.1, 0.15) is 12.8 Å². The van der Waals surface area contributed by atoms with Crippen LogP contribution in [-0.2, 0) is 9.59 Å². The van der Waals surface area contributed by atoms with Gasteiger partial charge < -0.3 is 15.0 Å². The predicted octanol–water partition coefficient (Wildman–Crippen LogP) is 4.36. The molecular formula is C20H20BrClN2O3. The van der Waals surface area contributed by atoms with Crippen LogP contribution < -0.4 is 10.1 Å². The zero-order chi connectivity index (χ0) is 19.2. The molecule has 0 saturated carbocycles. The van der Waals surface area contributed by atoms with Crippen molar-refractivity contribution < 1.29 is 14.3 Å². The molecule has 0 aliphatic carbocycles. The van der Waals surface area contributed by atoms with Crippen molar-refractivity contribution in [1.29, 1.82) is 0 Å². The Morgan fingerprint density at radius 2 is 1.85 bits per heavy atom. The summed E-state index contributed by atoms with van der Waals surface area (Å²) in [6.07, 6.45) is 1.30. The molecule has 0 unspecified atom stereocenters. The molecule has 1 saturated heterocycles. The molecule has 0 radical (unpaired) electrons. The summed E-state index contributed by atoms with van der Waals surface area (Å²) in [6.45, 7) is 1.06. The molecule has 3 rings (SSSR count). The Kier molecular flexibility index (Phi) is 6.74. The van der Waals surface area contributed by atoms with E-state index in [4.69, 9.17) is 16.3 Å². The van der Waals surface area contributed by atoms with Crippen LogP contribution in [0.2, 0.25) is 5.02 Å². The topological polar surface area (TPSA) is 58.6 Å². The Balaban J connectivity index is 1.45. The fourth-order valence-corrected chi connectivity index (χ4v) is 3.78. The van der Waals surface area contributed by atoms with Crippen molar-refractivity contribution in [2.75, 3.05) is 25.0 Å². The summed E-state index contributed by atoms with van der Waals surface area (Å²) in [5, 5.41) is 3.52. The maximum absolute atomic E-state index is 12.4. The third-order valence-electron chi connectivity index (χ3n) is 4.50. The summed E-state index contributed by atoms with van der Waals surface area (Å²) in [4.78, 5) is 26.5. The van der Waals surface area contributed by atoms with Gasteiger partial charge in [0, 0.05) is 29.7 Å². The minimum absolute atomic E-state index is 0.00893. The second-order valence-electron chi connectivity index (χ2n) is 6.37. The number of carbonyl (C=O) groups excluding carboxylic acids is 2. The number of anilines is 1. The van der Waals surface area contributed by atoms with Gasteiger partial charge in [-0.1, -0.05) is 29.8 Å². The Labute approximate surface area is 171 Å². The van der Waals surface area contributed by atoms with Crippen molar-refractivity contribution in [3.8, 4) is 5.75 Å². The van der Waals surface area contributed by atoms with Gasteiger partial charge in [-0.15, -0.1) is 0 Å². The van der Waals surface area contributed by atoms with Crippen LogP contribution in [0.15, 0.2) is 53.0 Å². The number of nitrogens with zero attached hydrogens (tertiary/aromatic N) is 1. The lowest BCUT2D eigenvalue weighted by molar-refractivity contribution is -0.136. The van der Waals surface area contributed by atoms with Gasteiger partial charge >= 0.3 is 0 Å². The minimum Gasteiger partial charge on any atom is -0.483 e. The number of hydrogen-bond donors (Lipinski definition) is 1. The fraction of sp³-hybridized carbons (Fsp3) is 0.300. The van der Waals surface area contributed by atoms with Crippen LogP contribution in [0.5, 0.6) is 5.75 Å². The van der Waals surface area contributed by atoms with Gasteiger partial charge in [-0.25, -0.2) is 0 Å². The van der Waals surface area contributed by atoms with E-state index in [0.29, 0.717) is 41.2 Å². The summed E-state index contributed by atoms with van der Waals surface area (Å²) in [5.41, 5.74) is 0.794. The van der Waals surface area contributed by atoms with Crippen molar-refractivity contribution in [1.82, 2.24) is 4.90 Å². The number of carbonyl (C=O) groups is 2. The van der Waals surface area contributed by atoms with Crippen LogP contribution >= 0.6 is 27.5 Å². The molecule has 0 spiro atoms. The van der Waals surface area contributed by atoms with Crippen molar-refractivity contribution in [2.45, 2.75) is 12.8 Å². The lowest BCUT2D eigenvalue weighted by Crippen LogP contribution is -2.43. The summed E-state index contributed by atoms with van der Waals surface area (Å²) >= 11 is 9.26. The van der Waals surface area contributed by atoms with E-state index in [1.54, 1.807) is 23.1 Å². The van der Waals surface area contributed by atoms with Gasteiger partial charge in [0.15, 0.2) is 6.61 Å². The lowest BCUT2D eigenvalue weighted by atomic mass is 9.95. The van der Waals surface area contributed by atoms with Crippen LogP contribution in [-0.4, -0.2) is 36.4 Å². The van der Waals surface area contributed by atoms with E-state index in [1.807, 2.05) is 30.3 Å². The molecule has 0 aromatic heterocycles. The Morgan fingerprint density at radius 3 is 2.52 bits per heavy atom. The highest BCUT2D eigenvalue weighted by Crippen LogP contribution is 2.28. The van der Waals surface area contributed by atoms with Crippen molar-refractivity contribution in [2.24, 2.45) is 5.92 Å². The molecule has 2 amide bonds. The number of nitrogens with one attached hydrogen (secondary N) is 1. The van der Waals surface area contributed by atoms with Gasteiger partial charge in [0.25, 0.3) is 5.91 Å². The number of ether oxygens (including phenoxy) is 1. The highest BCUT2D eigenvalue weighted by atomic mass is 79.9. The fourth-order valence-electron chi connectivity index (χ4n) is 2.98. The van der Waals surface area contributed by atoms with E-state index in [9.17, 15) is 9.59 Å². The molecule has 1 N–H and O–H groups in total. The smallest absolute Gasteiger partial charge is 0.260 e. The summed E-state index contributed by atoms with van der Waals surface area (Å²) in [7, 11) is 0. The van der Waals surface area contributed by atoms with Crippen molar-refractivity contribution in [3.05, 3.63) is 58.0 Å². The van der Waals surface area contributed by atoms with E-state index in [0.717, 1.165) is 5.69 Å². The molecular weight excluding hydrogens is 432 g/mol. The Morgan fingerprint density at radius 1 is 1.15 bits per heavy atom. The first-order valence-electron chi connectivity index (χ1n) is 8.74. The number of piperidine rings is 1. The molecule has 1 aliphatic heterocycles. The quantitative estimate of drug-likeness (QED) is 0.735. The second-order valence-corrected chi connectivity index (χ2v) is 7.66. The molecule has 2 aromatic carbocycles. The zero-order valence-electron chi connectivity index (χ0n) is 14.7. The van der Waals surface area contributed by atoms with Crippen LogP contribution in [0.4, 0.5) is 5.69 Å². The second kappa shape index (κ2) is 9.24. The number of likely N-dealkylation sites (tertiary alicyclic amines) is 1. The summed E-state index contributed by atoms with van der Waals surface area (Å²) in [5.74, 6) is 0.416. The van der Waals surface area contributed by atoms with Gasteiger partial charge in [-0.05, 0) is 59.1 Å². The van der Waals surface area contributed by atoms with E-state index in [1.165, 1.54) is 0 Å². The Bertz CT molecular complexity index is 808. The molecule has 2 aromatic rings. The molecule has 7 heteroatoms. The van der Waals surface area contributed by atoms with Crippen LogP contribution in [0, 0.1) is 5.92 Å². The highest BCUT2D eigenvalue weighted by molar-refractivity contribution is 9.10. The van der Waals surface area contributed by atoms with Gasteiger partial charge in [0.2, 0.25) is 5.91 Å². The molecule has 1 fully saturated rings. The van der Waals surface area contributed by atoms with Gasteiger partial charge in [0.1, 0.15) is 5.75 Å². The average Bonchev–Trinajstić information content (AvgIpc) is 2.68. The SMILES string of the molecule is O=C(Nc1ccccc1)C1CCN(C(=O)COc2ccc(Cl)cc2Br)CC1. The predicted molar refractivity (Wildman–Crippen MR) is 109 cm³/mol. The third kappa shape index (κ3) is 5.47. The highest BCUT2D eigenvalue weighted by Gasteiger charge is 2.27. The van der Waals surface area contributed by atoms with Gasteiger partial charge in [0.05, 0.1) is 4.47 Å². The van der Waals surface area contributed by atoms with Crippen LogP contribution in [0.25, 0.3) is 0 Å². The number of rotatable bonds is 5. The molecule has 0 bridgehead atoms. The minimum atomic E-state index is -0.0845. The number of amides is 2. The number of benzene rings is 2. The first-order chi connectivity index (χ1) is 13.0. The van der Waals surface area contributed by atoms with E-state index in [-0.39, 0.29) is 24.3 Å².